The van der Waals surface area contributed by atoms with E-state index in [9.17, 15) is 10.2 Å². The summed E-state index contributed by atoms with van der Waals surface area (Å²) in [5, 5.41) is 18.8. The van der Waals surface area contributed by atoms with Gasteiger partial charge in [-0.15, -0.1) is 0 Å². The van der Waals surface area contributed by atoms with Crippen LogP contribution in [0.2, 0.25) is 0 Å². The van der Waals surface area contributed by atoms with Gasteiger partial charge in [0.15, 0.2) is 0 Å². The van der Waals surface area contributed by atoms with Gasteiger partial charge in [-0.25, -0.2) is 0 Å². The van der Waals surface area contributed by atoms with Gasteiger partial charge in [0.05, 0.1) is 0 Å². The first-order valence-electron chi connectivity index (χ1n) is 7.18. The van der Waals surface area contributed by atoms with Gasteiger partial charge >= 0.3 is 0 Å². The molecular weight excluding hydrogens is 260 g/mol. The van der Waals surface area contributed by atoms with Crippen molar-refractivity contribution in [2.24, 2.45) is 0 Å². The Morgan fingerprint density at radius 1 is 0.810 bits per heavy atom. The molecule has 0 aliphatic heterocycles. The van der Waals surface area contributed by atoms with Gasteiger partial charge in [-0.3, -0.25) is 0 Å². The minimum atomic E-state index is 0.0256. The minimum absolute atomic E-state index is 0.0256. The van der Waals surface area contributed by atoms with E-state index in [2.05, 4.69) is 20.8 Å². The van der Waals surface area contributed by atoms with E-state index in [-0.39, 0.29) is 5.41 Å². The van der Waals surface area contributed by atoms with Crippen LogP contribution in [0.3, 0.4) is 0 Å². The van der Waals surface area contributed by atoms with Crippen molar-refractivity contribution in [2.75, 3.05) is 0 Å². The lowest BCUT2D eigenvalue weighted by Gasteiger charge is -2.20. The molecule has 2 heteroatoms. The molecule has 0 amide bonds. The SMILES string of the molecule is Cc1ccc(C(C)(C)C)c(O)c1.Cc1cccc(C)c1O. The second kappa shape index (κ2) is 6.66. The van der Waals surface area contributed by atoms with Gasteiger partial charge in [0.2, 0.25) is 0 Å². The molecule has 0 saturated carbocycles. The van der Waals surface area contributed by atoms with Gasteiger partial charge in [0.25, 0.3) is 0 Å². The molecule has 0 aliphatic carbocycles. The Balaban J connectivity index is 0.000000219. The summed E-state index contributed by atoms with van der Waals surface area (Å²) in [7, 11) is 0. The van der Waals surface area contributed by atoms with Crippen molar-refractivity contribution in [3.8, 4) is 11.5 Å². The first-order chi connectivity index (χ1) is 9.62. The summed E-state index contributed by atoms with van der Waals surface area (Å²) in [6.45, 7) is 12.0. The van der Waals surface area contributed by atoms with Gasteiger partial charge in [-0.2, -0.15) is 0 Å². The monoisotopic (exact) mass is 286 g/mol. The fraction of sp³-hybridized carbons (Fsp3) is 0.368. The van der Waals surface area contributed by atoms with Crippen LogP contribution in [0.5, 0.6) is 11.5 Å². The molecule has 2 aromatic rings. The molecule has 0 spiro atoms. The van der Waals surface area contributed by atoms with Crippen molar-refractivity contribution in [3.63, 3.8) is 0 Å². The van der Waals surface area contributed by atoms with Crippen LogP contribution >= 0.6 is 0 Å². The summed E-state index contributed by atoms with van der Waals surface area (Å²) in [6, 6.07) is 11.5. The number of hydrogen-bond acceptors (Lipinski definition) is 2. The first-order valence-corrected chi connectivity index (χ1v) is 7.18. The third-order valence-electron chi connectivity index (χ3n) is 3.40. The summed E-state index contributed by atoms with van der Waals surface area (Å²) in [5.74, 6) is 0.819. The van der Waals surface area contributed by atoms with Crippen LogP contribution in [0.25, 0.3) is 0 Å². The van der Waals surface area contributed by atoms with E-state index in [1.54, 1.807) is 6.07 Å². The van der Waals surface area contributed by atoms with E-state index in [0.717, 1.165) is 22.3 Å². The molecule has 0 aromatic heterocycles. The number of rotatable bonds is 0. The van der Waals surface area contributed by atoms with E-state index in [1.165, 1.54) is 0 Å². The lowest BCUT2D eigenvalue weighted by Crippen LogP contribution is -2.11. The van der Waals surface area contributed by atoms with Crippen LogP contribution in [0.4, 0.5) is 0 Å². The summed E-state index contributed by atoms with van der Waals surface area (Å²) in [5.41, 5.74) is 4.01. The standard InChI is InChI=1S/C11H16O.C8H10O/c1-8-5-6-9(10(12)7-8)11(2,3)4;1-6-4-3-5-7(2)8(6)9/h5-7,12H,1-4H3;3-5,9H,1-2H3. The number of phenols is 2. The highest BCUT2D eigenvalue weighted by Gasteiger charge is 2.17. The molecule has 2 rings (SSSR count). The zero-order valence-electron chi connectivity index (χ0n) is 13.9. The molecule has 0 heterocycles. The van der Waals surface area contributed by atoms with Crippen molar-refractivity contribution in [2.45, 2.75) is 47.0 Å². The largest absolute Gasteiger partial charge is 0.508 e. The Bertz CT molecular complexity index is 587. The van der Waals surface area contributed by atoms with Crippen LogP contribution in [0.15, 0.2) is 36.4 Å². The topological polar surface area (TPSA) is 40.5 Å². The number of para-hydroxylation sites is 1. The smallest absolute Gasteiger partial charge is 0.121 e. The molecule has 2 nitrogen and oxygen atoms in total. The highest BCUT2D eigenvalue weighted by molar-refractivity contribution is 5.40. The minimum Gasteiger partial charge on any atom is -0.508 e. The second-order valence-corrected chi connectivity index (χ2v) is 6.51. The van der Waals surface area contributed by atoms with E-state index in [0.29, 0.717) is 11.5 Å². The van der Waals surface area contributed by atoms with Gasteiger partial charge in [0, 0.05) is 0 Å². The Labute approximate surface area is 128 Å². The molecule has 0 saturated heterocycles. The molecule has 0 atom stereocenters. The number of aryl methyl sites for hydroxylation is 3. The maximum Gasteiger partial charge on any atom is 0.121 e. The van der Waals surface area contributed by atoms with Gasteiger partial charge in [0.1, 0.15) is 11.5 Å². The summed E-state index contributed by atoms with van der Waals surface area (Å²) in [6.07, 6.45) is 0. The molecule has 0 unspecified atom stereocenters. The predicted molar refractivity (Wildman–Crippen MR) is 89.1 cm³/mol. The van der Waals surface area contributed by atoms with Crippen LogP contribution in [0.1, 0.15) is 43.0 Å². The zero-order chi connectivity index (χ0) is 16.2. The lowest BCUT2D eigenvalue weighted by atomic mass is 9.86. The normalized spacial score (nSPS) is 10.8. The maximum atomic E-state index is 9.63. The van der Waals surface area contributed by atoms with Crippen molar-refractivity contribution in [3.05, 3.63) is 58.7 Å². The van der Waals surface area contributed by atoms with Crippen molar-refractivity contribution in [1.29, 1.82) is 0 Å². The average molecular weight is 286 g/mol. The Kier molecular flexibility index (Phi) is 5.42. The van der Waals surface area contributed by atoms with E-state index >= 15 is 0 Å². The first kappa shape index (κ1) is 17.1. The zero-order valence-corrected chi connectivity index (χ0v) is 13.9. The molecule has 114 valence electrons. The predicted octanol–water partition coefficient (Wildman–Crippen LogP) is 5.01. The van der Waals surface area contributed by atoms with E-state index in [1.807, 2.05) is 51.1 Å². The highest BCUT2D eigenvalue weighted by atomic mass is 16.3. The average Bonchev–Trinajstić information content (AvgIpc) is 2.35. The maximum absolute atomic E-state index is 9.63. The Morgan fingerprint density at radius 3 is 1.71 bits per heavy atom. The Morgan fingerprint density at radius 2 is 1.33 bits per heavy atom. The number of hydrogen-bond donors (Lipinski definition) is 2. The number of aromatic hydroxyl groups is 2. The summed E-state index contributed by atoms with van der Waals surface area (Å²) in [4.78, 5) is 0. The Hall–Kier alpha value is -1.96. The summed E-state index contributed by atoms with van der Waals surface area (Å²) < 4.78 is 0. The van der Waals surface area contributed by atoms with Gasteiger partial charge in [-0.05, 0) is 54.5 Å². The van der Waals surface area contributed by atoms with Crippen molar-refractivity contribution >= 4 is 0 Å². The third kappa shape index (κ3) is 4.82. The highest BCUT2D eigenvalue weighted by Crippen LogP contribution is 2.30. The fourth-order valence-electron chi connectivity index (χ4n) is 2.08. The molecule has 0 radical (unpaired) electrons. The quantitative estimate of drug-likeness (QED) is 0.715. The number of benzene rings is 2. The van der Waals surface area contributed by atoms with Gasteiger partial charge < -0.3 is 10.2 Å². The second-order valence-electron chi connectivity index (χ2n) is 6.51. The number of phenolic OH excluding ortho intramolecular Hbond substituents is 2. The molecule has 2 aromatic carbocycles. The molecular formula is C19H26O2. The van der Waals surface area contributed by atoms with Gasteiger partial charge in [-0.1, -0.05) is 51.1 Å². The van der Waals surface area contributed by atoms with Crippen LogP contribution in [-0.2, 0) is 5.41 Å². The summed E-state index contributed by atoms with van der Waals surface area (Å²) >= 11 is 0. The van der Waals surface area contributed by atoms with Crippen molar-refractivity contribution < 1.29 is 10.2 Å². The molecule has 2 N–H and O–H groups in total. The molecule has 0 aliphatic rings. The van der Waals surface area contributed by atoms with E-state index < -0.39 is 0 Å². The fourth-order valence-corrected chi connectivity index (χ4v) is 2.08. The van der Waals surface area contributed by atoms with Crippen LogP contribution < -0.4 is 0 Å². The third-order valence-corrected chi connectivity index (χ3v) is 3.40. The lowest BCUT2D eigenvalue weighted by molar-refractivity contribution is 0.446. The molecule has 0 fully saturated rings. The van der Waals surface area contributed by atoms with E-state index in [4.69, 9.17) is 0 Å². The molecule has 21 heavy (non-hydrogen) atoms. The van der Waals surface area contributed by atoms with Crippen LogP contribution in [-0.4, -0.2) is 10.2 Å². The van der Waals surface area contributed by atoms with Crippen molar-refractivity contribution in [1.82, 2.24) is 0 Å². The van der Waals surface area contributed by atoms with Crippen LogP contribution in [0, 0.1) is 20.8 Å². The molecule has 0 bridgehead atoms.